The maximum atomic E-state index is 9.63. The quantitative estimate of drug-likeness (QED) is 0.463. The molecule has 104 valence electrons. The lowest BCUT2D eigenvalue weighted by atomic mass is 10.0. The number of aliphatic hydroxyl groups is 2. The number of aliphatic hydroxyl groups excluding tert-OH is 2. The van der Waals surface area contributed by atoms with Crippen molar-refractivity contribution in [1.29, 1.82) is 0 Å². The molecule has 0 aromatic rings. The molecule has 0 aliphatic heterocycles. The van der Waals surface area contributed by atoms with Crippen LogP contribution in [0.15, 0.2) is 0 Å². The van der Waals surface area contributed by atoms with Crippen LogP contribution in [0, 0.1) is 0 Å². The summed E-state index contributed by atoms with van der Waals surface area (Å²) >= 11 is 0. The third-order valence-corrected chi connectivity index (χ3v) is 3.20. The Morgan fingerprint density at radius 1 is 0.941 bits per heavy atom. The first kappa shape index (κ1) is 16.9. The number of hydrogen-bond donors (Lipinski definition) is 3. The molecule has 3 heteroatoms. The van der Waals surface area contributed by atoms with Crippen LogP contribution in [0.2, 0.25) is 0 Å². The molecule has 0 aromatic carbocycles. The molecule has 0 spiro atoms. The van der Waals surface area contributed by atoms with Gasteiger partial charge in [0, 0.05) is 6.04 Å². The van der Waals surface area contributed by atoms with Gasteiger partial charge in [0.15, 0.2) is 0 Å². The molecule has 0 aliphatic rings. The summed E-state index contributed by atoms with van der Waals surface area (Å²) in [6.07, 6.45) is 11.3. The number of rotatable bonds is 12. The largest absolute Gasteiger partial charge is 0.395 e. The van der Waals surface area contributed by atoms with Gasteiger partial charge in [-0.3, -0.25) is 0 Å². The normalized spacial score (nSPS) is 14.8. The van der Waals surface area contributed by atoms with Gasteiger partial charge in [-0.15, -0.1) is 0 Å². The zero-order chi connectivity index (χ0) is 12.9. The van der Waals surface area contributed by atoms with Crippen molar-refractivity contribution < 1.29 is 10.2 Å². The summed E-state index contributed by atoms with van der Waals surface area (Å²) in [5.41, 5.74) is 5.56. The molecule has 0 saturated carbocycles. The van der Waals surface area contributed by atoms with Crippen LogP contribution in [-0.2, 0) is 0 Å². The Kier molecular flexibility index (Phi) is 12.3. The maximum Gasteiger partial charge on any atom is 0.0583 e. The summed E-state index contributed by atoms with van der Waals surface area (Å²) in [6.45, 7) is 2.20. The van der Waals surface area contributed by atoms with Crippen molar-refractivity contribution in [3.05, 3.63) is 0 Å². The molecular formula is C14H31NO2. The van der Waals surface area contributed by atoms with Crippen molar-refractivity contribution in [1.82, 2.24) is 0 Å². The summed E-state index contributed by atoms with van der Waals surface area (Å²) < 4.78 is 0. The molecule has 0 aromatic heterocycles. The minimum absolute atomic E-state index is 0.0332. The molecule has 3 nitrogen and oxygen atoms in total. The lowest BCUT2D eigenvalue weighted by Crippen LogP contribution is -2.29. The van der Waals surface area contributed by atoms with Crippen molar-refractivity contribution in [3.63, 3.8) is 0 Å². The first-order valence-corrected chi connectivity index (χ1v) is 7.25. The fraction of sp³-hybridized carbons (Fsp3) is 1.00. The maximum absolute atomic E-state index is 9.63. The highest BCUT2D eigenvalue weighted by molar-refractivity contribution is 4.66. The molecular weight excluding hydrogens is 214 g/mol. The molecule has 0 amide bonds. The topological polar surface area (TPSA) is 66.5 Å². The number of nitrogens with two attached hydrogens (primary N) is 1. The standard InChI is InChI=1S/C14H31NO2/c1-2-3-4-5-6-7-8-9-10-14(17)11-13(15)12-16/h13-14,16-17H,2-12,15H2,1H3. The minimum atomic E-state index is -0.336. The van der Waals surface area contributed by atoms with Crippen LogP contribution in [0.5, 0.6) is 0 Å². The number of hydrogen-bond acceptors (Lipinski definition) is 3. The lowest BCUT2D eigenvalue weighted by molar-refractivity contribution is 0.128. The highest BCUT2D eigenvalue weighted by Gasteiger charge is 2.09. The van der Waals surface area contributed by atoms with Crippen LogP contribution in [-0.4, -0.2) is 29.0 Å². The van der Waals surface area contributed by atoms with E-state index in [4.69, 9.17) is 10.8 Å². The Bertz CT molecular complexity index is 153. The molecule has 2 unspecified atom stereocenters. The third-order valence-electron chi connectivity index (χ3n) is 3.20. The smallest absolute Gasteiger partial charge is 0.0583 e. The second kappa shape index (κ2) is 12.3. The van der Waals surface area contributed by atoms with Gasteiger partial charge in [0.05, 0.1) is 12.7 Å². The zero-order valence-electron chi connectivity index (χ0n) is 11.4. The number of unbranched alkanes of at least 4 members (excludes halogenated alkanes) is 7. The fourth-order valence-corrected chi connectivity index (χ4v) is 2.06. The van der Waals surface area contributed by atoms with Gasteiger partial charge >= 0.3 is 0 Å². The van der Waals surface area contributed by atoms with E-state index in [9.17, 15) is 5.11 Å². The fourth-order valence-electron chi connectivity index (χ4n) is 2.06. The van der Waals surface area contributed by atoms with E-state index in [2.05, 4.69) is 6.92 Å². The van der Waals surface area contributed by atoms with Crippen LogP contribution >= 0.6 is 0 Å². The van der Waals surface area contributed by atoms with Gasteiger partial charge in [0.1, 0.15) is 0 Å². The van der Waals surface area contributed by atoms with Crippen LogP contribution in [0.1, 0.15) is 71.1 Å². The van der Waals surface area contributed by atoms with Crippen molar-refractivity contribution >= 4 is 0 Å². The van der Waals surface area contributed by atoms with Crippen LogP contribution in [0.4, 0.5) is 0 Å². The lowest BCUT2D eigenvalue weighted by Gasteiger charge is -2.14. The van der Waals surface area contributed by atoms with Crippen LogP contribution in [0.25, 0.3) is 0 Å². The van der Waals surface area contributed by atoms with Gasteiger partial charge in [0.25, 0.3) is 0 Å². The Hall–Kier alpha value is -0.120. The first-order chi connectivity index (χ1) is 8.20. The summed E-state index contributed by atoms with van der Waals surface area (Å²) in [6, 6.07) is -0.265. The molecule has 17 heavy (non-hydrogen) atoms. The van der Waals surface area contributed by atoms with Gasteiger partial charge in [-0.05, 0) is 12.8 Å². The molecule has 4 N–H and O–H groups in total. The van der Waals surface area contributed by atoms with E-state index in [1.807, 2.05) is 0 Å². The highest BCUT2D eigenvalue weighted by atomic mass is 16.3. The van der Waals surface area contributed by atoms with Crippen LogP contribution in [0.3, 0.4) is 0 Å². The predicted octanol–water partition coefficient (Wildman–Crippen LogP) is 2.59. The van der Waals surface area contributed by atoms with Gasteiger partial charge < -0.3 is 15.9 Å². The molecule has 0 fully saturated rings. The van der Waals surface area contributed by atoms with E-state index in [-0.39, 0.29) is 18.8 Å². The van der Waals surface area contributed by atoms with Gasteiger partial charge in [0.2, 0.25) is 0 Å². The SMILES string of the molecule is CCCCCCCCCCC(O)CC(N)CO. The van der Waals surface area contributed by atoms with Gasteiger partial charge in [-0.2, -0.15) is 0 Å². The van der Waals surface area contributed by atoms with Crippen LogP contribution < -0.4 is 5.73 Å². The third kappa shape index (κ3) is 12.1. The molecule has 2 atom stereocenters. The summed E-state index contributed by atoms with van der Waals surface area (Å²) in [5, 5.41) is 18.4. The minimum Gasteiger partial charge on any atom is -0.395 e. The summed E-state index contributed by atoms with van der Waals surface area (Å²) in [4.78, 5) is 0. The molecule has 0 bridgehead atoms. The van der Waals surface area contributed by atoms with E-state index in [1.165, 1.54) is 44.9 Å². The Morgan fingerprint density at radius 3 is 2.00 bits per heavy atom. The van der Waals surface area contributed by atoms with Crippen molar-refractivity contribution in [2.45, 2.75) is 83.3 Å². The first-order valence-electron chi connectivity index (χ1n) is 7.25. The molecule has 0 saturated heterocycles. The van der Waals surface area contributed by atoms with Crippen molar-refractivity contribution in [2.24, 2.45) is 5.73 Å². The van der Waals surface area contributed by atoms with E-state index in [1.54, 1.807) is 0 Å². The zero-order valence-corrected chi connectivity index (χ0v) is 11.4. The van der Waals surface area contributed by atoms with E-state index >= 15 is 0 Å². The van der Waals surface area contributed by atoms with E-state index < -0.39 is 0 Å². The van der Waals surface area contributed by atoms with Crippen molar-refractivity contribution in [2.75, 3.05) is 6.61 Å². The predicted molar refractivity (Wildman–Crippen MR) is 72.9 cm³/mol. The van der Waals surface area contributed by atoms with E-state index in [0.29, 0.717) is 6.42 Å². The monoisotopic (exact) mass is 245 g/mol. The molecule has 0 rings (SSSR count). The molecule has 0 aliphatic carbocycles. The summed E-state index contributed by atoms with van der Waals surface area (Å²) in [7, 11) is 0. The molecule has 0 radical (unpaired) electrons. The second-order valence-corrected chi connectivity index (χ2v) is 5.10. The second-order valence-electron chi connectivity index (χ2n) is 5.10. The Morgan fingerprint density at radius 2 is 1.47 bits per heavy atom. The van der Waals surface area contributed by atoms with Gasteiger partial charge in [-0.25, -0.2) is 0 Å². The average molecular weight is 245 g/mol. The van der Waals surface area contributed by atoms with E-state index in [0.717, 1.165) is 12.8 Å². The van der Waals surface area contributed by atoms with Crippen molar-refractivity contribution in [3.8, 4) is 0 Å². The van der Waals surface area contributed by atoms with Gasteiger partial charge in [-0.1, -0.05) is 58.3 Å². The Balaban J connectivity index is 3.16. The highest BCUT2D eigenvalue weighted by Crippen LogP contribution is 2.12. The summed E-state index contributed by atoms with van der Waals surface area (Å²) in [5.74, 6) is 0. The average Bonchev–Trinajstić information content (AvgIpc) is 2.32. The Labute approximate surface area is 106 Å². The molecule has 0 heterocycles.